The fraction of sp³-hybridized carbons (Fsp3) is 0.441. The number of nitrogens with one attached hydrogen (secondary N) is 1. The van der Waals surface area contributed by atoms with E-state index in [2.05, 4.69) is 33.4 Å². The van der Waals surface area contributed by atoms with Crippen LogP contribution >= 0.6 is 11.8 Å². The molecule has 0 aliphatic carbocycles. The number of nitrogens with zero attached hydrogens (tertiary/aromatic N) is 4. The van der Waals surface area contributed by atoms with Gasteiger partial charge in [-0.3, -0.25) is 9.97 Å². The Morgan fingerprint density at radius 3 is 2.44 bits per heavy atom. The number of unbranched alkanes of at least 4 members (excludes halogenated alkanes) is 3. The van der Waals surface area contributed by atoms with Gasteiger partial charge in [0.2, 0.25) is 0 Å². The minimum absolute atomic E-state index is 0.264. The molecule has 0 bridgehead atoms. The molecule has 0 radical (unpaired) electrons. The van der Waals surface area contributed by atoms with Crippen LogP contribution in [0, 0.1) is 0 Å². The zero-order chi connectivity index (χ0) is 32.0. The first-order valence-corrected chi connectivity index (χ1v) is 16.4. The Bertz CT molecular complexity index is 1620. The molecule has 1 amide bonds. The predicted molar refractivity (Wildman–Crippen MR) is 176 cm³/mol. The van der Waals surface area contributed by atoms with E-state index in [0.29, 0.717) is 18.6 Å². The molecule has 45 heavy (non-hydrogen) atoms. The zero-order valence-electron chi connectivity index (χ0n) is 26.0. The van der Waals surface area contributed by atoms with Crippen molar-refractivity contribution in [3.05, 3.63) is 66.5 Å². The Balaban J connectivity index is 1.07. The van der Waals surface area contributed by atoms with Gasteiger partial charge in [0, 0.05) is 66.5 Å². The molecule has 0 unspecified atom stereocenters. The Labute approximate surface area is 266 Å². The zero-order valence-corrected chi connectivity index (χ0v) is 26.8. The first-order chi connectivity index (χ1) is 21.5. The minimum Gasteiger partial charge on any atom is -0.444 e. The summed E-state index contributed by atoms with van der Waals surface area (Å²) in [4.78, 5) is 26.4. The second-order valence-corrected chi connectivity index (χ2v) is 13.4. The molecule has 0 spiro atoms. The number of alkyl halides is 3. The molecule has 1 N–H and O–H groups in total. The number of anilines is 2. The summed E-state index contributed by atoms with van der Waals surface area (Å²) in [5.41, 5.74) is 2.26. The minimum atomic E-state index is -4.37. The van der Waals surface area contributed by atoms with Crippen LogP contribution < -0.4 is 10.2 Å². The van der Waals surface area contributed by atoms with E-state index in [-0.39, 0.29) is 6.09 Å². The molecule has 3 heterocycles. The largest absolute Gasteiger partial charge is 0.444 e. The van der Waals surface area contributed by atoms with Crippen molar-refractivity contribution in [1.29, 1.82) is 0 Å². The number of benzene rings is 2. The Morgan fingerprint density at radius 1 is 0.911 bits per heavy atom. The Kier molecular flexibility index (Phi) is 10.3. The van der Waals surface area contributed by atoms with E-state index in [0.717, 1.165) is 95.8 Å². The number of carbonyl (C=O) groups excluding carboxylic acids is 1. The standard InChI is InChI=1S/C34H40F3N5O2S/c1-33(2,3)44-32(43)42-20-18-41(19-21-42)29-13-12-27(31-26(29)9-8-16-40-31)38-15-6-4-5-7-22-45-30-14-17-39-28-23-24(34(35,36)37)10-11-25(28)30/h8-14,16-17,23,38H,4-7,15,18-22H2,1-3H3. The summed E-state index contributed by atoms with van der Waals surface area (Å²) >= 11 is 1.67. The van der Waals surface area contributed by atoms with E-state index in [1.807, 2.05) is 39.1 Å². The highest BCUT2D eigenvalue weighted by atomic mass is 32.2. The summed E-state index contributed by atoms with van der Waals surface area (Å²) < 4.78 is 44.7. The van der Waals surface area contributed by atoms with Crippen molar-refractivity contribution in [1.82, 2.24) is 14.9 Å². The van der Waals surface area contributed by atoms with Gasteiger partial charge in [0.25, 0.3) is 0 Å². The summed E-state index contributed by atoms with van der Waals surface area (Å²) in [6.07, 6.45) is 2.95. The number of hydrogen-bond acceptors (Lipinski definition) is 7. The topological polar surface area (TPSA) is 70.6 Å². The molecule has 11 heteroatoms. The van der Waals surface area contributed by atoms with Gasteiger partial charge in [-0.1, -0.05) is 18.9 Å². The van der Waals surface area contributed by atoms with Crippen molar-refractivity contribution < 1.29 is 22.7 Å². The summed E-state index contributed by atoms with van der Waals surface area (Å²) in [6, 6.07) is 13.9. The lowest BCUT2D eigenvalue weighted by atomic mass is 10.1. The second kappa shape index (κ2) is 14.1. The lowest BCUT2D eigenvalue weighted by Crippen LogP contribution is -2.50. The number of thioether (sulfide) groups is 1. The van der Waals surface area contributed by atoms with Gasteiger partial charge in [-0.15, -0.1) is 11.8 Å². The highest BCUT2D eigenvalue weighted by Gasteiger charge is 2.31. The van der Waals surface area contributed by atoms with E-state index < -0.39 is 17.3 Å². The van der Waals surface area contributed by atoms with Gasteiger partial charge in [0.15, 0.2) is 0 Å². The van der Waals surface area contributed by atoms with E-state index in [1.165, 1.54) is 6.07 Å². The van der Waals surface area contributed by atoms with E-state index >= 15 is 0 Å². The third-order valence-corrected chi connectivity index (χ3v) is 8.85. The third kappa shape index (κ3) is 8.51. The number of pyridine rings is 2. The SMILES string of the molecule is CC(C)(C)OC(=O)N1CCN(c2ccc(NCCCCCCSc3ccnc4cc(C(F)(F)F)ccc34)c3ncccc23)CC1. The van der Waals surface area contributed by atoms with E-state index in [1.54, 1.807) is 22.9 Å². The van der Waals surface area contributed by atoms with Crippen molar-refractivity contribution >= 4 is 51.0 Å². The molecular weight excluding hydrogens is 599 g/mol. The maximum Gasteiger partial charge on any atom is 0.416 e. The normalized spacial score (nSPS) is 14.3. The van der Waals surface area contributed by atoms with E-state index in [9.17, 15) is 18.0 Å². The van der Waals surface area contributed by atoms with Crippen LogP contribution in [0.5, 0.6) is 0 Å². The summed E-state index contributed by atoms with van der Waals surface area (Å²) in [7, 11) is 0. The maximum atomic E-state index is 13.1. The molecule has 4 aromatic rings. The highest BCUT2D eigenvalue weighted by molar-refractivity contribution is 7.99. The second-order valence-electron chi connectivity index (χ2n) is 12.2. The molecule has 1 saturated heterocycles. The van der Waals surface area contributed by atoms with Gasteiger partial charge in [-0.2, -0.15) is 13.2 Å². The van der Waals surface area contributed by atoms with Crippen LogP contribution in [0.1, 0.15) is 52.0 Å². The molecule has 1 aliphatic heterocycles. The average Bonchev–Trinajstić information content (AvgIpc) is 3.01. The van der Waals surface area contributed by atoms with Crippen LogP contribution in [0.25, 0.3) is 21.8 Å². The predicted octanol–water partition coefficient (Wildman–Crippen LogP) is 8.62. The van der Waals surface area contributed by atoms with Gasteiger partial charge in [-0.05, 0) is 81.8 Å². The molecule has 5 rings (SSSR count). The number of aromatic nitrogens is 2. The number of hydrogen-bond donors (Lipinski definition) is 1. The fourth-order valence-corrected chi connectivity index (χ4v) is 6.50. The van der Waals surface area contributed by atoms with E-state index in [4.69, 9.17) is 9.72 Å². The van der Waals surface area contributed by atoms with Crippen LogP contribution in [-0.2, 0) is 10.9 Å². The molecule has 1 fully saturated rings. The number of halogens is 3. The molecular formula is C34H40F3N5O2S. The van der Waals surface area contributed by atoms with Crippen LogP contribution in [0.3, 0.4) is 0 Å². The molecule has 2 aromatic heterocycles. The molecule has 2 aromatic carbocycles. The summed E-state index contributed by atoms with van der Waals surface area (Å²) in [5, 5.41) is 5.42. The van der Waals surface area contributed by atoms with Gasteiger partial charge in [-0.25, -0.2) is 4.79 Å². The third-order valence-electron chi connectivity index (χ3n) is 7.69. The number of rotatable bonds is 10. The van der Waals surface area contributed by atoms with Crippen LogP contribution in [0.2, 0.25) is 0 Å². The Morgan fingerprint density at radius 2 is 1.69 bits per heavy atom. The first kappa shape index (κ1) is 32.7. The highest BCUT2D eigenvalue weighted by Crippen LogP contribution is 2.34. The van der Waals surface area contributed by atoms with Gasteiger partial charge in [0.05, 0.1) is 22.3 Å². The fourth-order valence-electron chi connectivity index (χ4n) is 5.44. The average molecular weight is 640 g/mol. The number of fused-ring (bicyclic) bond motifs is 2. The molecule has 240 valence electrons. The van der Waals surface area contributed by atoms with Crippen molar-refractivity contribution in [3.63, 3.8) is 0 Å². The van der Waals surface area contributed by atoms with Crippen molar-refractivity contribution in [2.45, 2.75) is 63.1 Å². The quantitative estimate of drug-likeness (QED) is 0.138. The summed E-state index contributed by atoms with van der Waals surface area (Å²) in [6.45, 7) is 9.15. The lowest BCUT2D eigenvalue weighted by Gasteiger charge is -2.37. The summed E-state index contributed by atoms with van der Waals surface area (Å²) in [5.74, 6) is 0.898. The number of carbonyl (C=O) groups is 1. The Hall–Kier alpha value is -3.73. The van der Waals surface area contributed by atoms with Gasteiger partial charge < -0.3 is 19.9 Å². The van der Waals surface area contributed by atoms with Crippen molar-refractivity contribution in [2.75, 3.05) is 48.7 Å². The van der Waals surface area contributed by atoms with Crippen LogP contribution in [-0.4, -0.2) is 65.0 Å². The molecule has 0 atom stereocenters. The lowest BCUT2D eigenvalue weighted by molar-refractivity contribution is -0.137. The molecule has 0 saturated carbocycles. The van der Waals surface area contributed by atoms with Crippen molar-refractivity contribution in [2.24, 2.45) is 0 Å². The van der Waals surface area contributed by atoms with Crippen LogP contribution in [0.4, 0.5) is 29.3 Å². The first-order valence-electron chi connectivity index (χ1n) is 15.4. The van der Waals surface area contributed by atoms with Gasteiger partial charge in [0.1, 0.15) is 5.60 Å². The number of ether oxygens (including phenoxy) is 1. The van der Waals surface area contributed by atoms with Crippen LogP contribution in [0.15, 0.2) is 65.8 Å². The van der Waals surface area contributed by atoms with Crippen molar-refractivity contribution in [3.8, 4) is 0 Å². The molecule has 7 nitrogen and oxygen atoms in total. The monoisotopic (exact) mass is 639 g/mol. The number of amides is 1. The van der Waals surface area contributed by atoms with Gasteiger partial charge >= 0.3 is 12.3 Å². The smallest absolute Gasteiger partial charge is 0.416 e. The maximum absolute atomic E-state index is 13.1. The molecule has 1 aliphatic rings. The number of piperazine rings is 1.